The summed E-state index contributed by atoms with van der Waals surface area (Å²) in [5.74, 6) is -0.307. The summed E-state index contributed by atoms with van der Waals surface area (Å²) < 4.78 is 13.1. The SMILES string of the molecule is OCc1ccc(F)cc1Sc1ccc(Cl)cc1. The zero-order valence-corrected chi connectivity index (χ0v) is 10.4. The van der Waals surface area contributed by atoms with E-state index in [1.807, 2.05) is 12.1 Å². The highest BCUT2D eigenvalue weighted by molar-refractivity contribution is 7.99. The molecule has 0 saturated heterocycles. The normalized spacial score (nSPS) is 10.5. The first-order valence-electron chi connectivity index (χ1n) is 5.02. The van der Waals surface area contributed by atoms with Gasteiger partial charge in [-0.25, -0.2) is 4.39 Å². The molecular formula is C13H10ClFOS. The fraction of sp³-hybridized carbons (Fsp3) is 0.0769. The van der Waals surface area contributed by atoms with Crippen molar-refractivity contribution in [2.24, 2.45) is 0 Å². The number of halogens is 2. The number of benzene rings is 2. The first-order valence-corrected chi connectivity index (χ1v) is 6.21. The molecule has 2 aromatic rings. The lowest BCUT2D eigenvalue weighted by atomic mass is 10.2. The van der Waals surface area contributed by atoms with Gasteiger partial charge in [-0.1, -0.05) is 29.4 Å². The molecule has 4 heteroatoms. The number of hydrogen-bond donors (Lipinski definition) is 1. The molecule has 2 rings (SSSR count). The first-order chi connectivity index (χ1) is 8.19. The fourth-order valence-electron chi connectivity index (χ4n) is 1.38. The average molecular weight is 269 g/mol. The van der Waals surface area contributed by atoms with Gasteiger partial charge in [-0.05, 0) is 42.0 Å². The minimum Gasteiger partial charge on any atom is -0.392 e. The maximum Gasteiger partial charge on any atom is 0.124 e. The highest BCUT2D eigenvalue weighted by Gasteiger charge is 2.05. The van der Waals surface area contributed by atoms with E-state index in [4.69, 9.17) is 11.6 Å². The Morgan fingerprint density at radius 2 is 1.82 bits per heavy atom. The van der Waals surface area contributed by atoms with Crippen molar-refractivity contribution in [3.05, 3.63) is 58.9 Å². The van der Waals surface area contributed by atoms with E-state index in [2.05, 4.69) is 0 Å². The third kappa shape index (κ3) is 3.22. The van der Waals surface area contributed by atoms with E-state index in [0.717, 1.165) is 9.79 Å². The highest BCUT2D eigenvalue weighted by Crippen LogP contribution is 2.31. The summed E-state index contributed by atoms with van der Waals surface area (Å²) in [5.41, 5.74) is 0.714. The van der Waals surface area contributed by atoms with Crippen molar-refractivity contribution < 1.29 is 9.50 Å². The molecule has 88 valence electrons. The number of aliphatic hydroxyl groups excluding tert-OH is 1. The predicted octanol–water partition coefficient (Wildman–Crippen LogP) is 4.12. The van der Waals surface area contributed by atoms with E-state index in [0.29, 0.717) is 10.6 Å². The molecule has 1 nitrogen and oxygen atoms in total. The van der Waals surface area contributed by atoms with Gasteiger partial charge < -0.3 is 5.11 Å². The number of hydrogen-bond acceptors (Lipinski definition) is 2. The minimum absolute atomic E-state index is 0.101. The molecule has 0 aliphatic carbocycles. The Morgan fingerprint density at radius 1 is 1.12 bits per heavy atom. The smallest absolute Gasteiger partial charge is 0.124 e. The molecule has 0 atom stereocenters. The fourth-order valence-corrected chi connectivity index (χ4v) is 2.47. The van der Waals surface area contributed by atoms with Gasteiger partial charge in [0.1, 0.15) is 5.82 Å². The summed E-state index contributed by atoms with van der Waals surface area (Å²) in [7, 11) is 0. The number of rotatable bonds is 3. The number of aliphatic hydroxyl groups is 1. The molecule has 17 heavy (non-hydrogen) atoms. The Hall–Kier alpha value is -1.03. The summed E-state index contributed by atoms with van der Waals surface area (Å²) in [6.45, 7) is -0.101. The van der Waals surface area contributed by atoms with Crippen LogP contribution in [0.25, 0.3) is 0 Å². The molecule has 0 amide bonds. The van der Waals surface area contributed by atoms with Gasteiger partial charge >= 0.3 is 0 Å². The molecule has 0 aromatic heterocycles. The van der Waals surface area contributed by atoms with Crippen molar-refractivity contribution in [1.82, 2.24) is 0 Å². The van der Waals surface area contributed by atoms with Gasteiger partial charge in [0.25, 0.3) is 0 Å². The lowest BCUT2D eigenvalue weighted by Gasteiger charge is -2.07. The Bertz CT molecular complexity index is 513. The lowest BCUT2D eigenvalue weighted by Crippen LogP contribution is -1.88. The van der Waals surface area contributed by atoms with Crippen LogP contribution >= 0.6 is 23.4 Å². The quantitative estimate of drug-likeness (QED) is 0.903. The summed E-state index contributed by atoms with van der Waals surface area (Å²) in [6, 6.07) is 11.6. The van der Waals surface area contributed by atoms with Crippen molar-refractivity contribution in [3.63, 3.8) is 0 Å². The second kappa shape index (κ2) is 5.54. The van der Waals surface area contributed by atoms with Crippen LogP contribution in [0.2, 0.25) is 5.02 Å². The topological polar surface area (TPSA) is 20.2 Å². The van der Waals surface area contributed by atoms with Gasteiger partial charge in [-0.2, -0.15) is 0 Å². The Labute approximate surface area is 108 Å². The molecular weight excluding hydrogens is 259 g/mol. The molecule has 2 aromatic carbocycles. The van der Waals surface area contributed by atoms with Crippen LogP contribution in [-0.4, -0.2) is 5.11 Å². The van der Waals surface area contributed by atoms with Crippen LogP contribution in [0.15, 0.2) is 52.3 Å². The van der Waals surface area contributed by atoms with Crippen LogP contribution in [0, 0.1) is 5.82 Å². The first kappa shape index (κ1) is 12.4. The van der Waals surface area contributed by atoms with Gasteiger partial charge in [-0.15, -0.1) is 0 Å². The molecule has 0 spiro atoms. The highest BCUT2D eigenvalue weighted by atomic mass is 35.5. The van der Waals surface area contributed by atoms with Gasteiger partial charge in [-0.3, -0.25) is 0 Å². The van der Waals surface area contributed by atoms with Crippen LogP contribution in [0.4, 0.5) is 4.39 Å². The van der Waals surface area contributed by atoms with Crippen molar-refractivity contribution in [2.75, 3.05) is 0 Å². The third-order valence-electron chi connectivity index (χ3n) is 2.24. The van der Waals surface area contributed by atoms with Crippen molar-refractivity contribution in [1.29, 1.82) is 0 Å². The maximum atomic E-state index is 13.1. The Kier molecular flexibility index (Phi) is 4.05. The van der Waals surface area contributed by atoms with Gasteiger partial charge in [0.05, 0.1) is 6.61 Å². The van der Waals surface area contributed by atoms with Crippen molar-refractivity contribution in [3.8, 4) is 0 Å². The van der Waals surface area contributed by atoms with Crippen LogP contribution < -0.4 is 0 Å². The van der Waals surface area contributed by atoms with Crippen LogP contribution in [0.1, 0.15) is 5.56 Å². The summed E-state index contributed by atoms with van der Waals surface area (Å²) in [6.07, 6.45) is 0. The second-order valence-electron chi connectivity index (χ2n) is 3.47. The lowest BCUT2D eigenvalue weighted by molar-refractivity contribution is 0.278. The predicted molar refractivity (Wildman–Crippen MR) is 67.9 cm³/mol. The summed E-state index contributed by atoms with van der Waals surface area (Å²) >= 11 is 7.19. The van der Waals surface area contributed by atoms with Crippen LogP contribution in [0.5, 0.6) is 0 Å². The second-order valence-corrected chi connectivity index (χ2v) is 5.02. The van der Waals surface area contributed by atoms with Crippen LogP contribution in [-0.2, 0) is 6.61 Å². The third-order valence-corrected chi connectivity index (χ3v) is 3.60. The zero-order valence-electron chi connectivity index (χ0n) is 8.86. The largest absolute Gasteiger partial charge is 0.392 e. The van der Waals surface area contributed by atoms with Gasteiger partial charge in [0.15, 0.2) is 0 Å². The Morgan fingerprint density at radius 3 is 2.47 bits per heavy atom. The monoisotopic (exact) mass is 268 g/mol. The van der Waals surface area contributed by atoms with E-state index in [9.17, 15) is 9.50 Å². The molecule has 0 aliphatic rings. The summed E-state index contributed by atoms with van der Waals surface area (Å²) in [4.78, 5) is 1.67. The van der Waals surface area contributed by atoms with Gasteiger partial charge in [0, 0.05) is 14.8 Å². The molecule has 0 fully saturated rings. The van der Waals surface area contributed by atoms with Crippen LogP contribution in [0.3, 0.4) is 0 Å². The maximum absolute atomic E-state index is 13.1. The van der Waals surface area contributed by atoms with E-state index < -0.39 is 0 Å². The molecule has 0 aliphatic heterocycles. The molecule has 0 bridgehead atoms. The Balaban J connectivity index is 2.28. The molecule has 0 unspecified atom stereocenters. The molecule has 0 heterocycles. The molecule has 0 saturated carbocycles. The van der Waals surface area contributed by atoms with Crippen molar-refractivity contribution >= 4 is 23.4 Å². The van der Waals surface area contributed by atoms with Crippen molar-refractivity contribution in [2.45, 2.75) is 16.4 Å². The van der Waals surface area contributed by atoms with E-state index >= 15 is 0 Å². The average Bonchev–Trinajstić information content (AvgIpc) is 2.32. The molecule has 0 radical (unpaired) electrons. The van der Waals surface area contributed by atoms with E-state index in [1.165, 1.54) is 23.9 Å². The van der Waals surface area contributed by atoms with E-state index in [1.54, 1.807) is 18.2 Å². The minimum atomic E-state index is -0.307. The van der Waals surface area contributed by atoms with Gasteiger partial charge in [0.2, 0.25) is 0 Å². The van der Waals surface area contributed by atoms with E-state index in [-0.39, 0.29) is 12.4 Å². The summed E-state index contributed by atoms with van der Waals surface area (Å²) in [5, 5.41) is 9.84. The molecule has 1 N–H and O–H groups in total. The standard InChI is InChI=1S/C13H10ClFOS/c14-10-2-5-12(6-3-10)17-13-7-11(15)4-1-9(13)8-16/h1-7,16H,8H2. The zero-order chi connectivity index (χ0) is 12.3.